The number of hydrogen-bond acceptors (Lipinski definition) is 3. The lowest BCUT2D eigenvalue weighted by molar-refractivity contribution is 0.479. The van der Waals surface area contributed by atoms with Crippen LogP contribution in [0.4, 0.5) is 0 Å². The molecule has 0 fully saturated rings. The van der Waals surface area contributed by atoms with Gasteiger partial charge in [0.25, 0.3) is 10.0 Å². The number of nitrogens with zero attached hydrogens (tertiary/aromatic N) is 2. The quantitative estimate of drug-likeness (QED) is 0.802. The summed E-state index contributed by atoms with van der Waals surface area (Å²) in [6.07, 6.45) is 3.01. The molecule has 17 heavy (non-hydrogen) atoms. The number of aryl methyl sites for hydroxylation is 1. The number of rotatable bonds is 6. The normalized spacial score (nSPS) is 14.2. The van der Waals surface area contributed by atoms with E-state index in [1.54, 1.807) is 4.57 Å². The van der Waals surface area contributed by atoms with E-state index < -0.39 is 10.0 Å². The van der Waals surface area contributed by atoms with Crippen LogP contribution in [0, 0.1) is 5.92 Å². The monoisotopic (exact) mass is 279 g/mol. The van der Waals surface area contributed by atoms with Crippen LogP contribution < -0.4 is 4.72 Å². The molecule has 0 aliphatic rings. The second kappa shape index (κ2) is 5.84. The van der Waals surface area contributed by atoms with Crippen LogP contribution in [0.3, 0.4) is 0 Å². The van der Waals surface area contributed by atoms with Gasteiger partial charge in [0.2, 0.25) is 0 Å². The molecule has 0 spiro atoms. The van der Waals surface area contributed by atoms with Crippen LogP contribution in [0.5, 0.6) is 0 Å². The number of halogens is 1. The summed E-state index contributed by atoms with van der Waals surface area (Å²) in [6.45, 7) is 6.44. The van der Waals surface area contributed by atoms with Crippen LogP contribution in [0.25, 0.3) is 0 Å². The second-order valence-electron chi connectivity index (χ2n) is 4.17. The molecule has 1 unspecified atom stereocenters. The zero-order chi connectivity index (χ0) is 13.1. The molecule has 0 aromatic carbocycles. The molecule has 1 rings (SSSR count). The predicted molar refractivity (Wildman–Crippen MR) is 67.6 cm³/mol. The molecule has 1 N–H and O–H groups in total. The molecule has 1 atom stereocenters. The minimum absolute atomic E-state index is 0.0371. The predicted octanol–water partition coefficient (Wildman–Crippen LogP) is 1.44. The van der Waals surface area contributed by atoms with Crippen molar-refractivity contribution in [3.8, 4) is 0 Å². The zero-order valence-corrected chi connectivity index (χ0v) is 11.8. The third kappa shape index (κ3) is 3.69. The van der Waals surface area contributed by atoms with E-state index in [9.17, 15) is 8.42 Å². The van der Waals surface area contributed by atoms with Gasteiger partial charge in [-0.3, -0.25) is 0 Å². The minimum atomic E-state index is -3.57. The maximum absolute atomic E-state index is 12.0. The van der Waals surface area contributed by atoms with E-state index >= 15 is 0 Å². The largest absolute Gasteiger partial charge is 0.336 e. The molecule has 0 saturated heterocycles. The van der Waals surface area contributed by atoms with Crippen LogP contribution in [-0.4, -0.2) is 29.9 Å². The van der Waals surface area contributed by atoms with Gasteiger partial charge < -0.3 is 4.57 Å². The van der Waals surface area contributed by atoms with E-state index in [0.29, 0.717) is 6.54 Å². The molecule has 5 nitrogen and oxygen atoms in total. The van der Waals surface area contributed by atoms with Gasteiger partial charge in [0, 0.05) is 24.7 Å². The summed E-state index contributed by atoms with van der Waals surface area (Å²) in [4.78, 5) is 3.87. The van der Waals surface area contributed by atoms with Crippen molar-refractivity contribution >= 4 is 21.6 Å². The lowest BCUT2D eigenvalue weighted by Crippen LogP contribution is -2.39. The van der Waals surface area contributed by atoms with E-state index in [4.69, 9.17) is 11.6 Å². The Morgan fingerprint density at radius 2 is 2.18 bits per heavy atom. The Hall–Kier alpha value is -0.590. The first-order chi connectivity index (χ1) is 7.90. The van der Waals surface area contributed by atoms with Crippen molar-refractivity contribution in [2.24, 2.45) is 5.92 Å². The highest BCUT2D eigenvalue weighted by Crippen LogP contribution is 2.10. The summed E-state index contributed by atoms with van der Waals surface area (Å²) < 4.78 is 28.2. The van der Waals surface area contributed by atoms with Gasteiger partial charge in [0.15, 0.2) is 5.03 Å². The average molecular weight is 280 g/mol. The first-order valence-electron chi connectivity index (χ1n) is 5.50. The third-order valence-corrected chi connectivity index (χ3v) is 4.23. The number of sulfonamides is 1. The fourth-order valence-corrected chi connectivity index (χ4v) is 3.12. The number of nitrogens with one attached hydrogen (secondary N) is 1. The molecule has 98 valence electrons. The number of aromatic nitrogens is 2. The van der Waals surface area contributed by atoms with Crippen LogP contribution in [0.2, 0.25) is 0 Å². The van der Waals surface area contributed by atoms with Crippen LogP contribution in [-0.2, 0) is 16.6 Å². The molecule has 0 aliphatic carbocycles. The highest BCUT2D eigenvalue weighted by molar-refractivity contribution is 7.89. The Labute approximate surface area is 107 Å². The van der Waals surface area contributed by atoms with Gasteiger partial charge in [-0.05, 0) is 12.8 Å². The number of hydrogen-bond donors (Lipinski definition) is 1. The van der Waals surface area contributed by atoms with Gasteiger partial charge in [-0.2, -0.15) is 0 Å². The van der Waals surface area contributed by atoms with Crippen molar-refractivity contribution in [3.63, 3.8) is 0 Å². The third-order valence-electron chi connectivity index (χ3n) is 2.53. The topological polar surface area (TPSA) is 64.0 Å². The molecule has 0 amide bonds. The highest BCUT2D eigenvalue weighted by Gasteiger charge is 2.23. The zero-order valence-electron chi connectivity index (χ0n) is 10.2. The fraction of sp³-hybridized carbons (Fsp3) is 0.700. The smallest absolute Gasteiger partial charge is 0.259 e. The Morgan fingerprint density at radius 1 is 1.53 bits per heavy atom. The van der Waals surface area contributed by atoms with Gasteiger partial charge in [0.05, 0.1) is 6.33 Å². The Morgan fingerprint density at radius 3 is 2.59 bits per heavy atom. The molecule has 0 radical (unpaired) electrons. The minimum Gasteiger partial charge on any atom is -0.336 e. The van der Waals surface area contributed by atoms with Gasteiger partial charge in [-0.1, -0.05) is 13.8 Å². The van der Waals surface area contributed by atoms with Crippen LogP contribution in [0.1, 0.15) is 20.8 Å². The molecule has 0 bridgehead atoms. The van der Waals surface area contributed by atoms with Crippen molar-refractivity contribution in [3.05, 3.63) is 12.5 Å². The van der Waals surface area contributed by atoms with E-state index in [2.05, 4.69) is 9.71 Å². The molecule has 0 saturated carbocycles. The Kier molecular flexibility index (Phi) is 4.97. The summed E-state index contributed by atoms with van der Waals surface area (Å²) >= 11 is 5.74. The second-order valence-corrected chi connectivity index (χ2v) is 6.14. The molecule has 1 aromatic rings. The van der Waals surface area contributed by atoms with Gasteiger partial charge >= 0.3 is 0 Å². The van der Waals surface area contributed by atoms with Crippen LogP contribution in [0.15, 0.2) is 17.6 Å². The van der Waals surface area contributed by atoms with Crippen molar-refractivity contribution in [1.29, 1.82) is 0 Å². The van der Waals surface area contributed by atoms with Crippen molar-refractivity contribution in [1.82, 2.24) is 14.3 Å². The SMILES string of the molecule is CCn1cnc(S(=O)(=O)NC(CCl)C(C)C)c1. The maximum atomic E-state index is 12.0. The molecular formula is C10H18ClN3O2S. The Bertz CT molecular complexity index is 456. The van der Waals surface area contributed by atoms with Crippen LogP contribution >= 0.6 is 11.6 Å². The van der Waals surface area contributed by atoms with Gasteiger partial charge in [-0.15, -0.1) is 11.6 Å². The average Bonchev–Trinajstić information content (AvgIpc) is 2.74. The highest BCUT2D eigenvalue weighted by atomic mass is 35.5. The first-order valence-corrected chi connectivity index (χ1v) is 7.52. The molecule has 1 aromatic heterocycles. The van der Waals surface area contributed by atoms with Crippen molar-refractivity contribution < 1.29 is 8.42 Å². The van der Waals surface area contributed by atoms with Crippen molar-refractivity contribution in [2.75, 3.05) is 5.88 Å². The fourth-order valence-electron chi connectivity index (χ4n) is 1.26. The summed E-state index contributed by atoms with van der Waals surface area (Å²) in [7, 11) is -3.57. The molecule has 1 heterocycles. The lowest BCUT2D eigenvalue weighted by atomic mass is 10.1. The number of imidazole rings is 1. The lowest BCUT2D eigenvalue weighted by Gasteiger charge is -2.18. The Balaban J connectivity index is 2.88. The van der Waals surface area contributed by atoms with Gasteiger partial charge in [-0.25, -0.2) is 18.1 Å². The summed E-state index contributed by atoms with van der Waals surface area (Å²) in [5, 5.41) is 0.0371. The van der Waals surface area contributed by atoms with Crippen molar-refractivity contribution in [2.45, 2.75) is 38.4 Å². The molecular weight excluding hydrogens is 262 g/mol. The number of alkyl halides is 1. The van der Waals surface area contributed by atoms with E-state index in [1.807, 2.05) is 20.8 Å². The molecule has 7 heteroatoms. The van der Waals surface area contributed by atoms with E-state index in [0.717, 1.165) is 0 Å². The first kappa shape index (κ1) is 14.5. The summed E-state index contributed by atoms with van der Waals surface area (Å²) in [5.41, 5.74) is 0. The summed E-state index contributed by atoms with van der Waals surface area (Å²) in [6, 6.07) is -0.284. The standard InChI is InChI=1S/C10H18ClN3O2S/c1-4-14-6-10(12-7-14)17(15,16)13-9(5-11)8(2)3/h6-9,13H,4-5H2,1-3H3. The molecule has 0 aliphatic heterocycles. The van der Waals surface area contributed by atoms with Gasteiger partial charge in [0.1, 0.15) is 0 Å². The maximum Gasteiger partial charge on any atom is 0.259 e. The van der Waals surface area contributed by atoms with E-state index in [1.165, 1.54) is 12.5 Å². The summed E-state index contributed by atoms with van der Waals surface area (Å²) in [5.74, 6) is 0.376. The van der Waals surface area contributed by atoms with E-state index in [-0.39, 0.29) is 22.9 Å².